The highest BCUT2D eigenvalue weighted by Gasteiger charge is 2.19. The van der Waals surface area contributed by atoms with Crippen LogP contribution in [0.4, 0.5) is 11.6 Å². The van der Waals surface area contributed by atoms with E-state index in [1.165, 1.54) is 5.56 Å². The molecule has 126 valence electrons. The average molecular weight is 333 g/mol. The maximum absolute atomic E-state index is 5.74. The molecule has 4 rings (SSSR count). The van der Waals surface area contributed by atoms with E-state index in [9.17, 15) is 0 Å². The number of hydrogen-bond donors (Lipinski definition) is 2. The quantitative estimate of drug-likeness (QED) is 0.702. The van der Waals surface area contributed by atoms with Crippen molar-refractivity contribution in [1.82, 2.24) is 24.8 Å². The molecule has 0 unspecified atom stereocenters. The Labute approximate surface area is 145 Å². The van der Waals surface area contributed by atoms with Gasteiger partial charge in [0, 0.05) is 67.0 Å². The van der Waals surface area contributed by atoms with Gasteiger partial charge in [0.2, 0.25) is 5.95 Å². The molecule has 0 spiro atoms. The highest BCUT2D eigenvalue weighted by Crippen LogP contribution is 2.22. The third-order valence-electron chi connectivity index (χ3n) is 4.31. The second-order valence-electron chi connectivity index (χ2n) is 6.20. The van der Waals surface area contributed by atoms with Crippen molar-refractivity contribution in [3.05, 3.63) is 59.7 Å². The molecule has 4 N–H and O–H groups in total. The van der Waals surface area contributed by atoms with E-state index >= 15 is 0 Å². The lowest BCUT2D eigenvalue weighted by Gasteiger charge is -2.27. The van der Waals surface area contributed by atoms with E-state index in [0.29, 0.717) is 5.95 Å². The van der Waals surface area contributed by atoms with Gasteiger partial charge < -0.3 is 11.5 Å². The first-order valence-electron chi connectivity index (χ1n) is 8.17. The van der Waals surface area contributed by atoms with E-state index < -0.39 is 0 Å². The summed E-state index contributed by atoms with van der Waals surface area (Å²) in [6.07, 6.45) is 6.38. The zero-order valence-corrected chi connectivity index (χ0v) is 13.8. The molecule has 3 aromatic rings. The molecule has 3 heterocycles. The molecule has 0 aliphatic carbocycles. The normalized spacial score (nSPS) is 14.2. The van der Waals surface area contributed by atoms with Crippen LogP contribution in [0.3, 0.4) is 0 Å². The number of nitrogens with zero attached hydrogens (tertiary/aromatic N) is 5. The van der Waals surface area contributed by atoms with Crippen LogP contribution in [0.25, 0.3) is 11.4 Å². The van der Waals surface area contributed by atoms with E-state index in [1.54, 1.807) is 12.4 Å². The van der Waals surface area contributed by atoms with Crippen LogP contribution in [0, 0.1) is 0 Å². The number of anilines is 2. The summed E-state index contributed by atoms with van der Waals surface area (Å²) in [6.45, 7) is 2.55. The number of rotatable bonds is 3. The fourth-order valence-corrected chi connectivity index (χ4v) is 2.99. The van der Waals surface area contributed by atoms with Gasteiger partial charge in [-0.05, 0) is 24.3 Å². The van der Waals surface area contributed by atoms with Crippen LogP contribution >= 0.6 is 0 Å². The van der Waals surface area contributed by atoms with Gasteiger partial charge in [-0.3, -0.25) is 4.90 Å². The van der Waals surface area contributed by atoms with Crippen LogP contribution in [0.15, 0.2) is 42.9 Å². The average Bonchev–Trinajstić information content (AvgIpc) is 2.64. The Bertz CT molecular complexity index is 875. The van der Waals surface area contributed by atoms with Gasteiger partial charge in [-0.25, -0.2) is 19.9 Å². The van der Waals surface area contributed by atoms with Gasteiger partial charge in [0.25, 0.3) is 0 Å². The Hall–Kier alpha value is -3.06. The summed E-state index contributed by atoms with van der Waals surface area (Å²) in [6, 6.07) is 7.64. The summed E-state index contributed by atoms with van der Waals surface area (Å²) in [4.78, 5) is 19.7. The van der Waals surface area contributed by atoms with E-state index in [1.807, 2.05) is 30.5 Å². The molecule has 2 aromatic heterocycles. The standard InChI is InChI=1S/C18H19N7/c19-15-3-1-13(2-4-15)17-21-9-14-11-25(6-5-16(14)24-17)10-12-7-22-18(20)23-8-12/h1-4,7-9H,5-6,10-11,19H2,(H2,20,22,23). The van der Waals surface area contributed by atoms with Gasteiger partial charge in [0.1, 0.15) is 0 Å². The van der Waals surface area contributed by atoms with Crippen molar-refractivity contribution < 1.29 is 0 Å². The summed E-state index contributed by atoms with van der Waals surface area (Å²) in [7, 11) is 0. The van der Waals surface area contributed by atoms with Crippen molar-refractivity contribution in [1.29, 1.82) is 0 Å². The summed E-state index contributed by atoms with van der Waals surface area (Å²) in [5.41, 5.74) is 16.3. The van der Waals surface area contributed by atoms with Crippen LogP contribution in [-0.4, -0.2) is 31.4 Å². The molecule has 0 amide bonds. The lowest BCUT2D eigenvalue weighted by Crippen LogP contribution is -2.31. The molecule has 0 radical (unpaired) electrons. The third-order valence-corrected chi connectivity index (χ3v) is 4.31. The number of benzene rings is 1. The largest absolute Gasteiger partial charge is 0.399 e. The zero-order valence-electron chi connectivity index (χ0n) is 13.8. The monoisotopic (exact) mass is 333 g/mol. The van der Waals surface area contributed by atoms with Crippen LogP contribution < -0.4 is 11.5 Å². The van der Waals surface area contributed by atoms with E-state index in [2.05, 4.69) is 19.9 Å². The minimum atomic E-state index is 0.302. The van der Waals surface area contributed by atoms with Gasteiger partial charge in [0.15, 0.2) is 5.82 Å². The highest BCUT2D eigenvalue weighted by molar-refractivity contribution is 5.58. The Morgan fingerprint density at radius 1 is 0.960 bits per heavy atom. The molecule has 0 saturated heterocycles. The predicted octanol–water partition coefficient (Wildman–Crippen LogP) is 1.66. The second kappa shape index (κ2) is 6.45. The predicted molar refractivity (Wildman–Crippen MR) is 96.1 cm³/mol. The van der Waals surface area contributed by atoms with E-state index in [-0.39, 0.29) is 0 Å². The Kier molecular flexibility index (Phi) is 3.99. The lowest BCUT2D eigenvalue weighted by atomic mass is 10.1. The fraction of sp³-hybridized carbons (Fsp3) is 0.222. The molecule has 7 heteroatoms. The molecule has 7 nitrogen and oxygen atoms in total. The number of nitrogen functional groups attached to an aromatic ring is 2. The van der Waals surface area contributed by atoms with Gasteiger partial charge in [-0.2, -0.15) is 0 Å². The summed E-state index contributed by atoms with van der Waals surface area (Å²) in [5.74, 6) is 1.05. The van der Waals surface area contributed by atoms with Crippen LogP contribution in [0.2, 0.25) is 0 Å². The maximum Gasteiger partial charge on any atom is 0.219 e. The van der Waals surface area contributed by atoms with Crippen molar-refractivity contribution in [2.75, 3.05) is 18.0 Å². The molecule has 0 saturated carbocycles. The van der Waals surface area contributed by atoms with Crippen molar-refractivity contribution >= 4 is 11.6 Å². The minimum Gasteiger partial charge on any atom is -0.399 e. The first kappa shape index (κ1) is 15.5. The van der Waals surface area contributed by atoms with Gasteiger partial charge >= 0.3 is 0 Å². The molecular formula is C18H19N7. The van der Waals surface area contributed by atoms with Crippen LogP contribution in [0.5, 0.6) is 0 Å². The van der Waals surface area contributed by atoms with Gasteiger partial charge in [0.05, 0.1) is 5.69 Å². The SMILES string of the molecule is Nc1ccc(-c2ncc3c(n2)CCN(Cc2cnc(N)nc2)C3)cc1. The van der Waals surface area contributed by atoms with Crippen molar-refractivity contribution in [3.63, 3.8) is 0 Å². The number of nitrogens with two attached hydrogens (primary N) is 2. The smallest absolute Gasteiger partial charge is 0.219 e. The van der Waals surface area contributed by atoms with Gasteiger partial charge in [-0.1, -0.05) is 0 Å². The first-order valence-corrected chi connectivity index (χ1v) is 8.17. The molecule has 0 atom stereocenters. The van der Waals surface area contributed by atoms with Gasteiger partial charge in [-0.15, -0.1) is 0 Å². The summed E-state index contributed by atoms with van der Waals surface area (Å²) >= 11 is 0. The van der Waals surface area contributed by atoms with E-state index in [0.717, 1.165) is 54.4 Å². The maximum atomic E-state index is 5.74. The number of aromatic nitrogens is 4. The topological polar surface area (TPSA) is 107 Å². The summed E-state index contributed by atoms with van der Waals surface area (Å²) < 4.78 is 0. The molecule has 0 bridgehead atoms. The van der Waals surface area contributed by atoms with Crippen molar-refractivity contribution in [3.8, 4) is 11.4 Å². The molecule has 1 aromatic carbocycles. The first-order chi connectivity index (χ1) is 12.2. The van der Waals surface area contributed by atoms with Crippen LogP contribution in [-0.2, 0) is 19.5 Å². The zero-order chi connectivity index (χ0) is 17.2. The molecule has 25 heavy (non-hydrogen) atoms. The highest BCUT2D eigenvalue weighted by atomic mass is 15.1. The number of fused-ring (bicyclic) bond motifs is 1. The van der Waals surface area contributed by atoms with E-state index in [4.69, 9.17) is 16.5 Å². The Morgan fingerprint density at radius 3 is 2.48 bits per heavy atom. The van der Waals surface area contributed by atoms with Crippen molar-refractivity contribution in [2.24, 2.45) is 0 Å². The molecular weight excluding hydrogens is 314 g/mol. The lowest BCUT2D eigenvalue weighted by molar-refractivity contribution is 0.242. The Morgan fingerprint density at radius 2 is 1.72 bits per heavy atom. The summed E-state index contributed by atoms with van der Waals surface area (Å²) in [5, 5.41) is 0. The number of hydrogen-bond acceptors (Lipinski definition) is 7. The second-order valence-corrected chi connectivity index (χ2v) is 6.20. The van der Waals surface area contributed by atoms with Crippen LogP contribution in [0.1, 0.15) is 16.8 Å². The third kappa shape index (κ3) is 3.41. The van der Waals surface area contributed by atoms with Crippen molar-refractivity contribution in [2.45, 2.75) is 19.5 Å². The Balaban J connectivity index is 1.50. The minimum absolute atomic E-state index is 0.302. The molecule has 1 aliphatic rings. The molecule has 1 aliphatic heterocycles. The molecule has 0 fully saturated rings. The fourth-order valence-electron chi connectivity index (χ4n) is 2.99.